The predicted molar refractivity (Wildman–Crippen MR) is 77.6 cm³/mol. The lowest BCUT2D eigenvalue weighted by atomic mass is 10.2. The summed E-state index contributed by atoms with van der Waals surface area (Å²) >= 11 is 5.89. The zero-order valence-electron chi connectivity index (χ0n) is 12.0. The topological polar surface area (TPSA) is 58.1 Å². The van der Waals surface area contributed by atoms with Crippen LogP contribution in [0.4, 0.5) is 5.82 Å². The van der Waals surface area contributed by atoms with Gasteiger partial charge in [-0.2, -0.15) is 0 Å². The second-order valence-corrected chi connectivity index (χ2v) is 4.69. The van der Waals surface area contributed by atoms with E-state index in [0.29, 0.717) is 23.9 Å². The van der Waals surface area contributed by atoms with E-state index in [1.807, 2.05) is 32.6 Å². The SMILES string of the molecule is CCN(CC)C(=O)CCNc1nnc(Cl)c(C)c1C. The minimum absolute atomic E-state index is 0.147. The van der Waals surface area contributed by atoms with Crippen LogP contribution in [-0.2, 0) is 4.79 Å². The van der Waals surface area contributed by atoms with Crippen molar-refractivity contribution in [3.05, 3.63) is 16.3 Å². The molecular formula is C13H21ClN4O. The maximum absolute atomic E-state index is 11.8. The summed E-state index contributed by atoms with van der Waals surface area (Å²) in [5.74, 6) is 0.836. The molecule has 19 heavy (non-hydrogen) atoms. The molecule has 1 amide bonds. The average Bonchev–Trinajstić information content (AvgIpc) is 2.40. The summed E-state index contributed by atoms with van der Waals surface area (Å²) in [6.45, 7) is 9.83. The van der Waals surface area contributed by atoms with E-state index in [9.17, 15) is 4.79 Å². The largest absolute Gasteiger partial charge is 0.368 e. The van der Waals surface area contributed by atoms with Gasteiger partial charge in [-0.3, -0.25) is 4.79 Å². The summed E-state index contributed by atoms with van der Waals surface area (Å²) in [6, 6.07) is 0. The first-order valence-corrected chi connectivity index (χ1v) is 6.90. The van der Waals surface area contributed by atoms with E-state index < -0.39 is 0 Å². The minimum atomic E-state index is 0.147. The van der Waals surface area contributed by atoms with E-state index in [0.717, 1.165) is 24.2 Å². The number of amides is 1. The Labute approximate surface area is 119 Å². The van der Waals surface area contributed by atoms with Gasteiger partial charge in [0.1, 0.15) is 0 Å². The van der Waals surface area contributed by atoms with Crippen LogP contribution in [-0.4, -0.2) is 40.6 Å². The first-order valence-electron chi connectivity index (χ1n) is 6.52. The van der Waals surface area contributed by atoms with Crippen LogP contribution in [0.3, 0.4) is 0 Å². The minimum Gasteiger partial charge on any atom is -0.368 e. The number of carbonyl (C=O) groups is 1. The lowest BCUT2D eigenvalue weighted by molar-refractivity contribution is -0.130. The molecule has 0 bridgehead atoms. The molecule has 5 nitrogen and oxygen atoms in total. The molecule has 1 heterocycles. The Kier molecular flexibility index (Phi) is 6.02. The Morgan fingerprint density at radius 3 is 2.42 bits per heavy atom. The fraction of sp³-hybridized carbons (Fsp3) is 0.615. The average molecular weight is 285 g/mol. The highest BCUT2D eigenvalue weighted by molar-refractivity contribution is 6.30. The van der Waals surface area contributed by atoms with E-state index in [-0.39, 0.29) is 5.91 Å². The van der Waals surface area contributed by atoms with E-state index in [1.54, 1.807) is 0 Å². The van der Waals surface area contributed by atoms with Crippen LogP contribution in [0.15, 0.2) is 0 Å². The third kappa shape index (κ3) is 4.06. The van der Waals surface area contributed by atoms with Crippen molar-refractivity contribution in [2.24, 2.45) is 0 Å². The highest BCUT2D eigenvalue weighted by Crippen LogP contribution is 2.20. The third-order valence-electron chi connectivity index (χ3n) is 3.21. The van der Waals surface area contributed by atoms with Crippen LogP contribution in [0, 0.1) is 13.8 Å². The molecule has 1 aromatic rings. The van der Waals surface area contributed by atoms with Crippen LogP contribution < -0.4 is 5.32 Å². The second-order valence-electron chi connectivity index (χ2n) is 4.33. The monoisotopic (exact) mass is 284 g/mol. The summed E-state index contributed by atoms with van der Waals surface area (Å²) < 4.78 is 0. The molecule has 0 aliphatic rings. The summed E-state index contributed by atoms with van der Waals surface area (Å²) in [7, 11) is 0. The number of rotatable bonds is 6. The van der Waals surface area contributed by atoms with Crippen molar-refractivity contribution in [2.75, 3.05) is 25.0 Å². The Hall–Kier alpha value is -1.36. The molecule has 106 valence electrons. The molecule has 0 saturated carbocycles. The first kappa shape index (κ1) is 15.7. The fourth-order valence-electron chi connectivity index (χ4n) is 1.77. The molecule has 0 unspecified atom stereocenters. The summed E-state index contributed by atoms with van der Waals surface area (Å²) in [6.07, 6.45) is 0.449. The number of anilines is 1. The number of carbonyl (C=O) groups excluding carboxylic acids is 1. The highest BCUT2D eigenvalue weighted by atomic mass is 35.5. The summed E-state index contributed by atoms with van der Waals surface area (Å²) in [4.78, 5) is 13.6. The number of nitrogens with one attached hydrogen (secondary N) is 1. The number of halogens is 1. The molecule has 1 rings (SSSR count). The van der Waals surface area contributed by atoms with Crippen LogP contribution in [0.5, 0.6) is 0 Å². The maximum atomic E-state index is 11.8. The van der Waals surface area contributed by atoms with Gasteiger partial charge in [-0.25, -0.2) is 0 Å². The molecule has 0 aliphatic heterocycles. The molecule has 0 radical (unpaired) electrons. The molecule has 0 fully saturated rings. The van der Waals surface area contributed by atoms with Crippen molar-refractivity contribution in [1.29, 1.82) is 0 Å². The molecule has 1 N–H and O–H groups in total. The number of hydrogen-bond donors (Lipinski definition) is 1. The van der Waals surface area contributed by atoms with Gasteiger partial charge in [0.05, 0.1) is 0 Å². The Morgan fingerprint density at radius 2 is 1.84 bits per heavy atom. The summed E-state index contributed by atoms with van der Waals surface area (Å²) in [5, 5.41) is 11.4. The van der Waals surface area contributed by atoms with Crippen molar-refractivity contribution < 1.29 is 4.79 Å². The van der Waals surface area contributed by atoms with Gasteiger partial charge < -0.3 is 10.2 Å². The maximum Gasteiger partial charge on any atom is 0.224 e. The van der Waals surface area contributed by atoms with E-state index >= 15 is 0 Å². The smallest absolute Gasteiger partial charge is 0.224 e. The van der Waals surface area contributed by atoms with Crippen LogP contribution in [0.1, 0.15) is 31.4 Å². The van der Waals surface area contributed by atoms with Gasteiger partial charge >= 0.3 is 0 Å². The van der Waals surface area contributed by atoms with Gasteiger partial charge in [-0.15, -0.1) is 10.2 Å². The Morgan fingerprint density at radius 1 is 1.21 bits per heavy atom. The van der Waals surface area contributed by atoms with Crippen molar-refractivity contribution in [1.82, 2.24) is 15.1 Å². The molecule has 1 aromatic heterocycles. The molecule has 0 aliphatic carbocycles. The lowest BCUT2D eigenvalue weighted by Crippen LogP contribution is -2.31. The highest BCUT2D eigenvalue weighted by Gasteiger charge is 2.11. The first-order chi connectivity index (χ1) is 9.01. The molecule has 0 atom stereocenters. The number of hydrogen-bond acceptors (Lipinski definition) is 4. The fourth-order valence-corrected chi connectivity index (χ4v) is 1.95. The third-order valence-corrected chi connectivity index (χ3v) is 3.57. The number of nitrogens with zero attached hydrogens (tertiary/aromatic N) is 3. The van der Waals surface area contributed by atoms with Crippen molar-refractivity contribution >= 4 is 23.3 Å². The predicted octanol–water partition coefficient (Wildman–Crippen LogP) is 2.42. The van der Waals surface area contributed by atoms with Gasteiger partial charge in [0.15, 0.2) is 11.0 Å². The van der Waals surface area contributed by atoms with E-state index in [1.165, 1.54) is 0 Å². The van der Waals surface area contributed by atoms with Crippen molar-refractivity contribution in [3.63, 3.8) is 0 Å². The van der Waals surface area contributed by atoms with E-state index in [2.05, 4.69) is 15.5 Å². The Balaban J connectivity index is 2.54. The van der Waals surface area contributed by atoms with Gasteiger partial charge in [-0.1, -0.05) is 11.6 Å². The number of aromatic nitrogens is 2. The standard InChI is InChI=1S/C13H21ClN4O/c1-5-18(6-2)11(19)7-8-15-13-10(4)9(3)12(14)16-17-13/h5-8H2,1-4H3,(H,15,17). The Bertz CT molecular complexity index is 447. The van der Waals surface area contributed by atoms with Gasteiger partial charge in [0, 0.05) is 26.1 Å². The van der Waals surface area contributed by atoms with Gasteiger partial charge in [0.25, 0.3) is 0 Å². The summed E-state index contributed by atoms with van der Waals surface area (Å²) in [5.41, 5.74) is 1.88. The molecule has 6 heteroatoms. The van der Waals surface area contributed by atoms with E-state index in [4.69, 9.17) is 11.6 Å². The zero-order chi connectivity index (χ0) is 14.4. The van der Waals surface area contributed by atoms with Crippen LogP contribution in [0.25, 0.3) is 0 Å². The molecule has 0 aromatic carbocycles. The van der Waals surface area contributed by atoms with Crippen LogP contribution >= 0.6 is 11.6 Å². The normalized spacial score (nSPS) is 10.4. The van der Waals surface area contributed by atoms with Crippen LogP contribution in [0.2, 0.25) is 5.15 Å². The van der Waals surface area contributed by atoms with Gasteiger partial charge in [0.2, 0.25) is 5.91 Å². The second kappa shape index (κ2) is 7.28. The van der Waals surface area contributed by atoms with Gasteiger partial charge in [-0.05, 0) is 38.8 Å². The molecular weight excluding hydrogens is 264 g/mol. The van der Waals surface area contributed by atoms with Crippen molar-refractivity contribution in [3.8, 4) is 0 Å². The lowest BCUT2D eigenvalue weighted by Gasteiger charge is -2.18. The quantitative estimate of drug-likeness (QED) is 0.871. The zero-order valence-corrected chi connectivity index (χ0v) is 12.7. The molecule has 0 saturated heterocycles. The molecule has 0 spiro atoms. The van der Waals surface area contributed by atoms with Crippen molar-refractivity contribution in [2.45, 2.75) is 34.1 Å².